The van der Waals surface area contributed by atoms with Crippen LogP contribution in [0.1, 0.15) is 10.4 Å². The molecular formula is C12H15I3NO2+. The maximum Gasteiger partial charge on any atom is 0.340 e. The third kappa shape index (κ3) is 5.08. The maximum atomic E-state index is 12.1. The highest BCUT2D eigenvalue weighted by atomic mass is 127. The predicted molar refractivity (Wildman–Crippen MR) is 97.8 cm³/mol. The molecule has 0 aliphatic rings. The Kier molecular flexibility index (Phi) is 6.59. The van der Waals surface area contributed by atoms with Crippen LogP contribution < -0.4 is 0 Å². The van der Waals surface area contributed by atoms with Gasteiger partial charge in [0.2, 0.25) is 0 Å². The van der Waals surface area contributed by atoms with Crippen molar-refractivity contribution >= 4 is 73.7 Å². The zero-order valence-electron chi connectivity index (χ0n) is 10.5. The molecule has 0 unspecified atom stereocenters. The van der Waals surface area contributed by atoms with Gasteiger partial charge in [-0.3, -0.25) is 0 Å². The Morgan fingerprint density at radius 3 is 2.28 bits per heavy atom. The van der Waals surface area contributed by atoms with Crippen molar-refractivity contribution in [2.75, 3.05) is 34.3 Å². The summed E-state index contributed by atoms with van der Waals surface area (Å²) in [7, 11) is 6.23. The van der Waals surface area contributed by atoms with Gasteiger partial charge in [0.15, 0.2) is 0 Å². The fourth-order valence-corrected chi connectivity index (χ4v) is 3.52. The van der Waals surface area contributed by atoms with E-state index in [1.807, 2.05) is 12.1 Å². The zero-order valence-corrected chi connectivity index (χ0v) is 16.9. The lowest BCUT2D eigenvalue weighted by Gasteiger charge is -2.23. The highest BCUT2D eigenvalue weighted by Gasteiger charge is 2.18. The van der Waals surface area contributed by atoms with E-state index in [0.717, 1.165) is 21.7 Å². The molecule has 6 heteroatoms. The Hall–Kier alpha value is 0.840. The summed E-state index contributed by atoms with van der Waals surface area (Å²) >= 11 is 6.60. The molecule has 0 saturated heterocycles. The molecule has 0 N–H and O–H groups in total. The lowest BCUT2D eigenvalue weighted by atomic mass is 10.2. The smallest absolute Gasteiger partial charge is 0.340 e. The quantitative estimate of drug-likeness (QED) is 0.235. The summed E-state index contributed by atoms with van der Waals surface area (Å²) in [5.41, 5.74) is 0.685. The second-order valence-corrected chi connectivity index (χ2v) is 8.27. The number of carbonyl (C=O) groups is 1. The lowest BCUT2D eigenvalue weighted by Crippen LogP contribution is -2.38. The van der Waals surface area contributed by atoms with Crippen LogP contribution in [-0.2, 0) is 4.74 Å². The number of carbonyl (C=O) groups excluding carboxylic acids is 1. The number of benzene rings is 1. The van der Waals surface area contributed by atoms with Crippen LogP contribution in [0.15, 0.2) is 12.1 Å². The Bertz CT molecular complexity index is 455. The molecule has 1 aromatic rings. The number of likely N-dealkylation sites (N-methyl/N-ethyl adjacent to an activating group) is 1. The van der Waals surface area contributed by atoms with Gasteiger partial charge in [0.25, 0.3) is 0 Å². The van der Waals surface area contributed by atoms with Gasteiger partial charge in [0.05, 0.1) is 26.7 Å². The number of halogens is 3. The molecule has 18 heavy (non-hydrogen) atoms. The Morgan fingerprint density at radius 2 is 1.72 bits per heavy atom. The summed E-state index contributed by atoms with van der Waals surface area (Å²) in [6, 6.07) is 3.95. The van der Waals surface area contributed by atoms with Crippen LogP contribution in [0.5, 0.6) is 0 Å². The predicted octanol–water partition coefficient (Wildman–Crippen LogP) is 3.36. The SMILES string of the molecule is C[N+](C)(C)CCOC(=O)c1c(I)ccc(I)c1I. The number of esters is 1. The molecule has 0 aromatic heterocycles. The minimum Gasteiger partial charge on any atom is -0.456 e. The fraction of sp³-hybridized carbons (Fsp3) is 0.417. The summed E-state index contributed by atoms with van der Waals surface area (Å²) in [6.07, 6.45) is 0. The normalized spacial score (nSPS) is 11.4. The molecule has 0 bridgehead atoms. The van der Waals surface area contributed by atoms with E-state index in [-0.39, 0.29) is 5.97 Å². The van der Waals surface area contributed by atoms with Gasteiger partial charge in [-0.25, -0.2) is 4.79 Å². The second kappa shape index (κ2) is 7.02. The van der Waals surface area contributed by atoms with Crippen molar-refractivity contribution in [2.24, 2.45) is 0 Å². The third-order valence-electron chi connectivity index (χ3n) is 2.24. The van der Waals surface area contributed by atoms with Crippen molar-refractivity contribution in [3.8, 4) is 0 Å². The Morgan fingerprint density at radius 1 is 1.17 bits per heavy atom. The van der Waals surface area contributed by atoms with Gasteiger partial charge >= 0.3 is 5.97 Å². The minimum atomic E-state index is -0.226. The molecule has 0 aliphatic heterocycles. The van der Waals surface area contributed by atoms with E-state index in [2.05, 4.69) is 88.9 Å². The van der Waals surface area contributed by atoms with Crippen molar-refractivity contribution in [1.82, 2.24) is 0 Å². The summed E-state index contributed by atoms with van der Waals surface area (Å²) in [5, 5.41) is 0. The van der Waals surface area contributed by atoms with Gasteiger partial charge in [0, 0.05) is 10.7 Å². The Balaban J connectivity index is 2.76. The molecule has 0 spiro atoms. The van der Waals surface area contributed by atoms with Gasteiger partial charge in [-0.1, -0.05) is 0 Å². The zero-order chi connectivity index (χ0) is 13.9. The van der Waals surface area contributed by atoms with Crippen LogP contribution in [0.2, 0.25) is 0 Å². The van der Waals surface area contributed by atoms with Gasteiger partial charge in [-0.2, -0.15) is 0 Å². The van der Waals surface area contributed by atoms with Crippen LogP contribution >= 0.6 is 67.8 Å². The van der Waals surface area contributed by atoms with E-state index in [1.165, 1.54) is 0 Å². The first-order chi connectivity index (χ1) is 8.22. The molecule has 100 valence electrons. The lowest BCUT2D eigenvalue weighted by molar-refractivity contribution is -0.870. The highest BCUT2D eigenvalue weighted by molar-refractivity contribution is 14.1. The summed E-state index contributed by atoms with van der Waals surface area (Å²) < 4.78 is 9.12. The Labute approximate surface area is 149 Å². The van der Waals surface area contributed by atoms with Crippen LogP contribution in [0.3, 0.4) is 0 Å². The molecule has 0 saturated carbocycles. The van der Waals surface area contributed by atoms with E-state index >= 15 is 0 Å². The summed E-state index contributed by atoms with van der Waals surface area (Å²) in [5.74, 6) is -0.226. The highest BCUT2D eigenvalue weighted by Crippen LogP contribution is 2.24. The number of ether oxygens (including phenoxy) is 1. The van der Waals surface area contributed by atoms with E-state index < -0.39 is 0 Å². The molecular weight excluding hydrogens is 571 g/mol. The van der Waals surface area contributed by atoms with Crippen LogP contribution in [0, 0.1) is 10.7 Å². The van der Waals surface area contributed by atoms with Crippen molar-refractivity contribution in [2.45, 2.75) is 0 Å². The monoisotopic (exact) mass is 586 g/mol. The number of rotatable bonds is 4. The maximum absolute atomic E-state index is 12.1. The summed E-state index contributed by atoms with van der Waals surface area (Å²) in [4.78, 5) is 12.1. The van der Waals surface area contributed by atoms with Crippen LogP contribution in [0.25, 0.3) is 0 Å². The van der Waals surface area contributed by atoms with Crippen molar-refractivity contribution in [3.63, 3.8) is 0 Å². The number of hydrogen-bond acceptors (Lipinski definition) is 2. The average molecular weight is 586 g/mol. The fourth-order valence-electron chi connectivity index (χ4n) is 1.20. The largest absolute Gasteiger partial charge is 0.456 e. The van der Waals surface area contributed by atoms with E-state index in [4.69, 9.17) is 4.74 Å². The molecule has 1 aromatic carbocycles. The standard InChI is InChI=1S/C12H15I3NO2/c1-16(2,3)6-7-18-12(17)10-8(13)4-5-9(14)11(10)15/h4-5H,6-7H2,1-3H3/q+1. The first-order valence-corrected chi connectivity index (χ1v) is 8.57. The number of nitrogens with zero attached hydrogens (tertiary/aromatic N) is 1. The van der Waals surface area contributed by atoms with Gasteiger partial charge in [-0.15, -0.1) is 0 Å². The van der Waals surface area contributed by atoms with Crippen molar-refractivity contribution in [3.05, 3.63) is 28.4 Å². The third-order valence-corrected chi connectivity index (χ3v) is 6.19. The first kappa shape index (κ1) is 16.9. The molecule has 0 fully saturated rings. The topological polar surface area (TPSA) is 26.3 Å². The van der Waals surface area contributed by atoms with E-state index in [0.29, 0.717) is 12.2 Å². The number of hydrogen-bond donors (Lipinski definition) is 0. The second-order valence-electron chi connectivity index (χ2n) is 4.87. The molecule has 1 rings (SSSR count). The number of quaternary nitrogens is 1. The van der Waals surface area contributed by atoms with Crippen molar-refractivity contribution in [1.29, 1.82) is 0 Å². The first-order valence-electron chi connectivity index (χ1n) is 5.33. The molecule has 0 atom stereocenters. The average Bonchev–Trinajstić information content (AvgIpc) is 2.22. The van der Waals surface area contributed by atoms with E-state index in [1.54, 1.807) is 0 Å². The molecule has 3 nitrogen and oxygen atoms in total. The van der Waals surface area contributed by atoms with Crippen LogP contribution in [0.4, 0.5) is 0 Å². The molecule has 0 radical (unpaired) electrons. The summed E-state index contributed by atoms with van der Waals surface area (Å²) in [6.45, 7) is 1.25. The van der Waals surface area contributed by atoms with Gasteiger partial charge in [0.1, 0.15) is 13.2 Å². The molecule has 0 heterocycles. The van der Waals surface area contributed by atoms with Gasteiger partial charge in [-0.05, 0) is 79.9 Å². The van der Waals surface area contributed by atoms with Crippen molar-refractivity contribution < 1.29 is 14.0 Å². The van der Waals surface area contributed by atoms with Gasteiger partial charge < -0.3 is 9.22 Å². The van der Waals surface area contributed by atoms with E-state index in [9.17, 15) is 4.79 Å². The molecule has 0 amide bonds. The minimum absolute atomic E-state index is 0.226. The molecule has 0 aliphatic carbocycles. The van der Waals surface area contributed by atoms with Crippen LogP contribution in [-0.4, -0.2) is 44.7 Å².